The van der Waals surface area contributed by atoms with Crippen LogP contribution in [0.1, 0.15) is 32.3 Å². The standard InChI is InChI=1S/C16H25ClN2O2/c1-11(2)5-7-19-16(20)6-8-18-14-9-12(3)13(17)10-15(14)21-4/h9-11,18H,5-8H2,1-4H3,(H,19,20). The van der Waals surface area contributed by atoms with E-state index in [9.17, 15) is 4.79 Å². The van der Waals surface area contributed by atoms with Gasteiger partial charge in [-0.2, -0.15) is 0 Å². The first-order valence-corrected chi connectivity index (χ1v) is 7.66. The number of carbonyl (C=O) groups excluding carboxylic acids is 1. The smallest absolute Gasteiger partial charge is 0.221 e. The number of hydrogen-bond acceptors (Lipinski definition) is 3. The Balaban J connectivity index is 2.42. The SMILES string of the molecule is COc1cc(Cl)c(C)cc1NCCC(=O)NCCC(C)C. The molecule has 0 aromatic heterocycles. The van der Waals surface area contributed by atoms with Crippen LogP contribution in [0.15, 0.2) is 12.1 Å². The van der Waals surface area contributed by atoms with E-state index in [1.807, 2.05) is 13.0 Å². The highest BCUT2D eigenvalue weighted by Gasteiger charge is 2.07. The number of methoxy groups -OCH3 is 1. The minimum absolute atomic E-state index is 0.0628. The molecule has 5 heteroatoms. The zero-order chi connectivity index (χ0) is 15.8. The maximum atomic E-state index is 11.7. The Morgan fingerprint density at radius 1 is 1.33 bits per heavy atom. The van der Waals surface area contributed by atoms with Crippen LogP contribution in [0.25, 0.3) is 0 Å². The van der Waals surface area contributed by atoms with E-state index in [0.29, 0.717) is 29.7 Å². The molecule has 0 atom stereocenters. The summed E-state index contributed by atoms with van der Waals surface area (Å²) in [7, 11) is 1.60. The molecule has 0 fully saturated rings. The number of benzene rings is 1. The lowest BCUT2D eigenvalue weighted by atomic mass is 10.1. The molecule has 1 aromatic carbocycles. The number of ether oxygens (including phenoxy) is 1. The lowest BCUT2D eigenvalue weighted by Crippen LogP contribution is -2.27. The average Bonchev–Trinajstić information content (AvgIpc) is 2.42. The summed E-state index contributed by atoms with van der Waals surface area (Å²) in [6.07, 6.45) is 1.44. The number of amides is 1. The molecule has 0 spiro atoms. The third kappa shape index (κ3) is 6.25. The number of nitrogens with one attached hydrogen (secondary N) is 2. The van der Waals surface area contributed by atoms with Gasteiger partial charge in [0.05, 0.1) is 12.8 Å². The van der Waals surface area contributed by atoms with E-state index < -0.39 is 0 Å². The minimum Gasteiger partial charge on any atom is -0.495 e. The highest BCUT2D eigenvalue weighted by molar-refractivity contribution is 6.31. The molecule has 1 rings (SSSR count). The summed E-state index contributed by atoms with van der Waals surface area (Å²) in [6, 6.07) is 3.71. The Bertz CT molecular complexity index is 476. The molecule has 1 amide bonds. The molecule has 0 radical (unpaired) electrons. The molecule has 0 saturated heterocycles. The molecule has 0 saturated carbocycles. The van der Waals surface area contributed by atoms with Gasteiger partial charge in [-0.1, -0.05) is 25.4 Å². The number of anilines is 1. The Labute approximate surface area is 132 Å². The van der Waals surface area contributed by atoms with Crippen molar-refractivity contribution in [2.45, 2.75) is 33.6 Å². The molecule has 118 valence electrons. The third-order valence-corrected chi connectivity index (χ3v) is 3.60. The fourth-order valence-corrected chi connectivity index (χ4v) is 2.02. The van der Waals surface area contributed by atoms with Crippen LogP contribution in [0.4, 0.5) is 5.69 Å². The predicted molar refractivity (Wildman–Crippen MR) is 88.3 cm³/mol. The zero-order valence-electron chi connectivity index (χ0n) is 13.3. The number of aryl methyl sites for hydroxylation is 1. The quantitative estimate of drug-likeness (QED) is 0.771. The summed E-state index contributed by atoms with van der Waals surface area (Å²) in [5.41, 5.74) is 1.83. The maximum Gasteiger partial charge on any atom is 0.221 e. The van der Waals surface area contributed by atoms with E-state index in [-0.39, 0.29) is 5.91 Å². The molecule has 0 aliphatic heterocycles. The van der Waals surface area contributed by atoms with E-state index in [0.717, 1.165) is 24.2 Å². The van der Waals surface area contributed by atoms with Crippen molar-refractivity contribution in [3.8, 4) is 5.75 Å². The molecule has 0 bridgehead atoms. The number of carbonyl (C=O) groups is 1. The highest BCUT2D eigenvalue weighted by Crippen LogP contribution is 2.30. The second-order valence-electron chi connectivity index (χ2n) is 5.51. The van der Waals surface area contributed by atoms with Crippen molar-refractivity contribution in [3.05, 3.63) is 22.7 Å². The summed E-state index contributed by atoms with van der Waals surface area (Å²) in [5.74, 6) is 1.35. The second kappa shape index (κ2) is 8.78. The van der Waals surface area contributed by atoms with Gasteiger partial charge in [0, 0.05) is 30.6 Å². The van der Waals surface area contributed by atoms with Crippen molar-refractivity contribution in [2.24, 2.45) is 5.92 Å². The van der Waals surface area contributed by atoms with Gasteiger partial charge in [-0.25, -0.2) is 0 Å². The van der Waals surface area contributed by atoms with Crippen LogP contribution >= 0.6 is 11.6 Å². The normalized spacial score (nSPS) is 10.6. The van der Waals surface area contributed by atoms with E-state index in [1.54, 1.807) is 13.2 Å². The molecular formula is C16H25ClN2O2. The van der Waals surface area contributed by atoms with Gasteiger partial charge in [0.15, 0.2) is 0 Å². The number of halogens is 1. The van der Waals surface area contributed by atoms with Crippen LogP contribution in [0.3, 0.4) is 0 Å². The van der Waals surface area contributed by atoms with Crippen molar-refractivity contribution in [3.63, 3.8) is 0 Å². The summed E-state index contributed by atoms with van der Waals surface area (Å²) in [6.45, 7) is 7.52. The molecule has 1 aromatic rings. The van der Waals surface area contributed by atoms with Crippen LogP contribution in [0.2, 0.25) is 5.02 Å². The van der Waals surface area contributed by atoms with Gasteiger partial charge in [0.1, 0.15) is 5.75 Å². The molecule has 0 unspecified atom stereocenters. The zero-order valence-corrected chi connectivity index (χ0v) is 14.0. The fraction of sp³-hybridized carbons (Fsp3) is 0.562. The lowest BCUT2D eigenvalue weighted by Gasteiger charge is -2.13. The van der Waals surface area contributed by atoms with Gasteiger partial charge in [-0.05, 0) is 30.9 Å². The Hall–Kier alpha value is -1.42. The highest BCUT2D eigenvalue weighted by atomic mass is 35.5. The molecule has 21 heavy (non-hydrogen) atoms. The van der Waals surface area contributed by atoms with E-state index in [2.05, 4.69) is 24.5 Å². The van der Waals surface area contributed by atoms with Crippen LogP contribution in [0, 0.1) is 12.8 Å². The second-order valence-corrected chi connectivity index (χ2v) is 5.92. The van der Waals surface area contributed by atoms with E-state index in [4.69, 9.17) is 16.3 Å². The Morgan fingerprint density at radius 3 is 2.67 bits per heavy atom. The molecule has 2 N–H and O–H groups in total. The van der Waals surface area contributed by atoms with Gasteiger partial charge >= 0.3 is 0 Å². The van der Waals surface area contributed by atoms with Gasteiger partial charge in [-0.3, -0.25) is 4.79 Å². The molecule has 4 nitrogen and oxygen atoms in total. The first-order chi connectivity index (χ1) is 9.93. The van der Waals surface area contributed by atoms with Crippen molar-refractivity contribution >= 4 is 23.2 Å². The van der Waals surface area contributed by atoms with E-state index >= 15 is 0 Å². The molecular weight excluding hydrogens is 288 g/mol. The number of hydrogen-bond donors (Lipinski definition) is 2. The summed E-state index contributed by atoms with van der Waals surface area (Å²) < 4.78 is 5.28. The monoisotopic (exact) mass is 312 g/mol. The Kier molecular flexibility index (Phi) is 7.37. The topological polar surface area (TPSA) is 50.4 Å². The summed E-state index contributed by atoms with van der Waals surface area (Å²) >= 11 is 6.06. The van der Waals surface area contributed by atoms with E-state index in [1.165, 1.54) is 0 Å². The molecule has 0 aliphatic rings. The van der Waals surface area contributed by atoms with Crippen LogP contribution < -0.4 is 15.4 Å². The fourth-order valence-electron chi connectivity index (χ4n) is 1.87. The molecule has 0 aliphatic carbocycles. The van der Waals surface area contributed by atoms with Crippen molar-refractivity contribution in [2.75, 3.05) is 25.5 Å². The largest absolute Gasteiger partial charge is 0.495 e. The predicted octanol–water partition coefficient (Wildman–Crippen LogP) is 3.62. The van der Waals surface area contributed by atoms with Gasteiger partial charge in [0.2, 0.25) is 5.91 Å². The van der Waals surface area contributed by atoms with Gasteiger partial charge < -0.3 is 15.4 Å². The maximum absolute atomic E-state index is 11.7. The van der Waals surface area contributed by atoms with Crippen molar-refractivity contribution in [1.29, 1.82) is 0 Å². The van der Waals surface area contributed by atoms with Crippen molar-refractivity contribution < 1.29 is 9.53 Å². The third-order valence-electron chi connectivity index (χ3n) is 3.19. The van der Waals surface area contributed by atoms with Crippen molar-refractivity contribution in [1.82, 2.24) is 5.32 Å². The minimum atomic E-state index is 0.0628. The Morgan fingerprint density at radius 2 is 2.05 bits per heavy atom. The average molecular weight is 313 g/mol. The van der Waals surface area contributed by atoms with Gasteiger partial charge in [0.25, 0.3) is 0 Å². The van der Waals surface area contributed by atoms with Gasteiger partial charge in [-0.15, -0.1) is 0 Å². The first kappa shape index (κ1) is 17.6. The van der Waals surface area contributed by atoms with Crippen LogP contribution in [-0.4, -0.2) is 26.1 Å². The number of rotatable bonds is 8. The summed E-state index contributed by atoms with van der Waals surface area (Å²) in [4.78, 5) is 11.7. The summed E-state index contributed by atoms with van der Waals surface area (Å²) in [5, 5.41) is 6.81. The van der Waals surface area contributed by atoms with Crippen LogP contribution in [0.5, 0.6) is 5.75 Å². The lowest BCUT2D eigenvalue weighted by molar-refractivity contribution is -0.120. The first-order valence-electron chi connectivity index (χ1n) is 7.28. The van der Waals surface area contributed by atoms with Crippen LogP contribution in [-0.2, 0) is 4.79 Å². The molecule has 0 heterocycles.